The van der Waals surface area contributed by atoms with Gasteiger partial charge in [-0.25, -0.2) is 9.97 Å². The highest BCUT2D eigenvalue weighted by Gasteiger charge is 2.34. The summed E-state index contributed by atoms with van der Waals surface area (Å²) in [5.74, 6) is 1.85. The first-order valence-corrected chi connectivity index (χ1v) is 12.0. The van der Waals surface area contributed by atoms with Crippen LogP contribution in [0.2, 0.25) is 0 Å². The van der Waals surface area contributed by atoms with E-state index in [4.69, 9.17) is 0 Å². The van der Waals surface area contributed by atoms with Crippen molar-refractivity contribution in [3.63, 3.8) is 0 Å². The number of carbonyl (C=O) groups excluding carboxylic acids is 1. The van der Waals surface area contributed by atoms with E-state index in [1.807, 2.05) is 30.3 Å². The number of likely N-dealkylation sites (tertiary alicyclic amines) is 1. The lowest BCUT2D eigenvalue weighted by molar-refractivity contribution is 0.0588. The predicted octanol–water partition coefficient (Wildman–Crippen LogP) is 4.99. The molecule has 2 aliphatic rings. The van der Waals surface area contributed by atoms with Crippen LogP contribution in [0.1, 0.15) is 48.9 Å². The van der Waals surface area contributed by atoms with Gasteiger partial charge in [0.1, 0.15) is 12.1 Å². The van der Waals surface area contributed by atoms with E-state index in [-0.39, 0.29) is 5.91 Å². The highest BCUT2D eigenvalue weighted by atomic mass is 32.1. The Morgan fingerprint density at radius 2 is 1.77 bits per heavy atom. The standard InChI is InChI=1S/C24H28N4OS/c29-24(19-7-3-1-4-8-19)28-13-6-2-5-9-21(28)18-10-14-27(15-11-18)23-22-20(12-16-30-22)25-17-26-23/h1,3-4,7-8,12,16-18,21H,2,5-6,9-11,13-15H2/t21-/m1/s1. The van der Waals surface area contributed by atoms with Crippen molar-refractivity contribution < 1.29 is 4.79 Å². The minimum atomic E-state index is 0.209. The molecule has 2 aliphatic heterocycles. The highest BCUT2D eigenvalue weighted by molar-refractivity contribution is 7.17. The Bertz CT molecular complexity index is 997. The van der Waals surface area contributed by atoms with Crippen LogP contribution in [-0.2, 0) is 0 Å². The monoisotopic (exact) mass is 420 g/mol. The summed E-state index contributed by atoms with van der Waals surface area (Å²) in [6.45, 7) is 2.89. The third kappa shape index (κ3) is 3.81. The number of aromatic nitrogens is 2. The van der Waals surface area contributed by atoms with Crippen LogP contribution in [0.25, 0.3) is 10.2 Å². The lowest BCUT2D eigenvalue weighted by Crippen LogP contribution is -2.48. The van der Waals surface area contributed by atoms with E-state index in [1.54, 1.807) is 17.7 Å². The molecule has 1 atom stereocenters. The molecule has 0 unspecified atom stereocenters. The van der Waals surface area contributed by atoms with Crippen molar-refractivity contribution in [3.8, 4) is 0 Å². The smallest absolute Gasteiger partial charge is 0.254 e. The summed E-state index contributed by atoms with van der Waals surface area (Å²) in [5, 5.41) is 2.09. The number of thiophene rings is 1. The van der Waals surface area contributed by atoms with Crippen LogP contribution in [0, 0.1) is 5.92 Å². The minimum absolute atomic E-state index is 0.209. The average molecular weight is 421 g/mol. The van der Waals surface area contributed by atoms with Gasteiger partial charge in [-0.05, 0) is 55.2 Å². The first-order valence-electron chi connectivity index (χ1n) is 11.1. The quantitative estimate of drug-likeness (QED) is 0.599. The molecule has 2 saturated heterocycles. The molecule has 0 saturated carbocycles. The molecule has 2 fully saturated rings. The molecule has 0 N–H and O–H groups in total. The Hall–Kier alpha value is -2.47. The van der Waals surface area contributed by atoms with E-state index in [2.05, 4.69) is 31.2 Å². The molecule has 3 aromatic rings. The third-order valence-electron chi connectivity index (χ3n) is 6.69. The summed E-state index contributed by atoms with van der Waals surface area (Å²) < 4.78 is 1.19. The van der Waals surface area contributed by atoms with Crippen molar-refractivity contribution in [3.05, 3.63) is 53.7 Å². The Morgan fingerprint density at radius 1 is 0.933 bits per heavy atom. The first kappa shape index (κ1) is 19.5. The average Bonchev–Trinajstić information content (AvgIpc) is 3.16. The molecular formula is C24H28N4OS. The number of hydrogen-bond acceptors (Lipinski definition) is 5. The molecule has 0 bridgehead atoms. The van der Waals surface area contributed by atoms with Gasteiger partial charge in [0.2, 0.25) is 0 Å². The summed E-state index contributed by atoms with van der Waals surface area (Å²) in [4.78, 5) is 26.9. The van der Waals surface area contributed by atoms with Gasteiger partial charge < -0.3 is 9.80 Å². The van der Waals surface area contributed by atoms with Gasteiger partial charge in [0, 0.05) is 31.2 Å². The van der Waals surface area contributed by atoms with Gasteiger partial charge in [-0.3, -0.25) is 4.79 Å². The molecular weight excluding hydrogens is 392 g/mol. The van der Waals surface area contributed by atoms with Crippen molar-refractivity contribution in [2.75, 3.05) is 24.5 Å². The van der Waals surface area contributed by atoms with Crippen molar-refractivity contribution in [2.24, 2.45) is 5.92 Å². The largest absolute Gasteiger partial charge is 0.355 e. The van der Waals surface area contributed by atoms with Crippen LogP contribution < -0.4 is 4.90 Å². The van der Waals surface area contributed by atoms with E-state index in [9.17, 15) is 4.79 Å². The summed E-state index contributed by atoms with van der Waals surface area (Å²) >= 11 is 1.72. The summed E-state index contributed by atoms with van der Waals surface area (Å²) in [5.41, 5.74) is 1.86. The number of piperidine rings is 1. The van der Waals surface area contributed by atoms with Crippen LogP contribution in [0.4, 0.5) is 5.82 Å². The lowest BCUT2D eigenvalue weighted by atomic mass is 9.86. The predicted molar refractivity (Wildman–Crippen MR) is 122 cm³/mol. The maximum absolute atomic E-state index is 13.3. The molecule has 5 rings (SSSR count). The number of hydrogen-bond donors (Lipinski definition) is 0. The van der Waals surface area contributed by atoms with Crippen molar-refractivity contribution >= 4 is 33.3 Å². The molecule has 1 aromatic carbocycles. The number of rotatable bonds is 3. The maximum atomic E-state index is 13.3. The molecule has 0 aliphatic carbocycles. The van der Waals surface area contributed by atoms with Gasteiger partial charge in [0.25, 0.3) is 5.91 Å². The van der Waals surface area contributed by atoms with E-state index in [0.717, 1.165) is 62.2 Å². The molecule has 6 heteroatoms. The fraction of sp³-hybridized carbons (Fsp3) is 0.458. The number of fused-ring (bicyclic) bond motifs is 1. The maximum Gasteiger partial charge on any atom is 0.254 e. The van der Waals surface area contributed by atoms with E-state index in [1.165, 1.54) is 17.5 Å². The second kappa shape index (κ2) is 8.72. The Kier molecular flexibility index (Phi) is 5.67. The Morgan fingerprint density at radius 3 is 2.60 bits per heavy atom. The van der Waals surface area contributed by atoms with Crippen LogP contribution in [-0.4, -0.2) is 46.5 Å². The molecule has 156 valence electrons. The zero-order chi connectivity index (χ0) is 20.3. The molecule has 0 spiro atoms. The number of anilines is 1. The van der Waals surface area contributed by atoms with Gasteiger partial charge in [-0.15, -0.1) is 11.3 Å². The van der Waals surface area contributed by atoms with Gasteiger partial charge in [-0.2, -0.15) is 0 Å². The lowest BCUT2D eigenvalue weighted by Gasteiger charge is -2.41. The summed E-state index contributed by atoms with van der Waals surface area (Å²) in [6, 6.07) is 12.2. The van der Waals surface area contributed by atoms with E-state index in [0.29, 0.717) is 12.0 Å². The number of carbonyl (C=O) groups is 1. The van der Waals surface area contributed by atoms with Gasteiger partial charge >= 0.3 is 0 Å². The highest BCUT2D eigenvalue weighted by Crippen LogP contribution is 2.34. The second-order valence-electron chi connectivity index (χ2n) is 8.44. The van der Waals surface area contributed by atoms with Crippen molar-refractivity contribution in [2.45, 2.75) is 44.6 Å². The third-order valence-corrected chi connectivity index (χ3v) is 7.59. The molecule has 4 heterocycles. The van der Waals surface area contributed by atoms with Crippen LogP contribution >= 0.6 is 11.3 Å². The topological polar surface area (TPSA) is 49.3 Å². The summed E-state index contributed by atoms with van der Waals surface area (Å²) in [7, 11) is 0. The molecule has 2 aromatic heterocycles. The van der Waals surface area contributed by atoms with E-state index < -0.39 is 0 Å². The SMILES string of the molecule is O=C(c1ccccc1)N1CCCCC[C@@H]1C1CCN(c2ncnc3ccsc23)CC1. The van der Waals surface area contributed by atoms with Crippen molar-refractivity contribution in [1.29, 1.82) is 0 Å². The fourth-order valence-corrected chi connectivity index (χ4v) is 5.98. The van der Waals surface area contributed by atoms with Gasteiger partial charge in [0.15, 0.2) is 0 Å². The molecule has 5 nitrogen and oxygen atoms in total. The van der Waals surface area contributed by atoms with Crippen molar-refractivity contribution in [1.82, 2.24) is 14.9 Å². The van der Waals surface area contributed by atoms with Crippen LogP contribution in [0.5, 0.6) is 0 Å². The Balaban J connectivity index is 1.32. The molecule has 30 heavy (non-hydrogen) atoms. The summed E-state index contributed by atoms with van der Waals surface area (Å²) in [6.07, 6.45) is 8.61. The second-order valence-corrected chi connectivity index (χ2v) is 9.35. The van der Waals surface area contributed by atoms with Crippen LogP contribution in [0.15, 0.2) is 48.1 Å². The minimum Gasteiger partial charge on any atom is -0.355 e. The molecule has 0 radical (unpaired) electrons. The number of amides is 1. The zero-order valence-corrected chi connectivity index (χ0v) is 18.1. The molecule has 1 amide bonds. The normalized spacial score (nSPS) is 21.0. The zero-order valence-electron chi connectivity index (χ0n) is 17.2. The Labute approximate surface area is 181 Å². The van der Waals surface area contributed by atoms with Crippen LogP contribution in [0.3, 0.4) is 0 Å². The first-order chi connectivity index (χ1) is 14.8. The van der Waals surface area contributed by atoms with E-state index >= 15 is 0 Å². The van der Waals surface area contributed by atoms with Gasteiger partial charge in [0.05, 0.1) is 10.2 Å². The number of benzene rings is 1. The number of nitrogens with zero attached hydrogens (tertiary/aromatic N) is 4. The van der Waals surface area contributed by atoms with Gasteiger partial charge in [-0.1, -0.05) is 31.0 Å². The fourth-order valence-electron chi connectivity index (χ4n) is 5.12.